The van der Waals surface area contributed by atoms with Gasteiger partial charge in [-0.1, -0.05) is 18.2 Å². The fourth-order valence-corrected chi connectivity index (χ4v) is 2.26. The number of esters is 1. The van der Waals surface area contributed by atoms with E-state index < -0.39 is 31.7 Å². The highest BCUT2D eigenvalue weighted by Gasteiger charge is 2.15. The van der Waals surface area contributed by atoms with Gasteiger partial charge < -0.3 is 19.1 Å². The van der Waals surface area contributed by atoms with Crippen molar-refractivity contribution in [1.29, 1.82) is 0 Å². The zero-order chi connectivity index (χ0) is 21.4. The molecule has 2 aromatic rings. The van der Waals surface area contributed by atoms with Crippen LogP contribution >= 0.6 is 0 Å². The van der Waals surface area contributed by atoms with E-state index in [4.69, 9.17) is 4.74 Å². The smallest absolute Gasteiger partial charge is 0.387 e. The quantitative estimate of drug-likeness (QED) is 0.462. The van der Waals surface area contributed by atoms with Crippen molar-refractivity contribution in [3.05, 3.63) is 59.7 Å². The lowest BCUT2D eigenvalue weighted by atomic mass is 10.2. The topological polar surface area (TPSA) is 65.1 Å². The van der Waals surface area contributed by atoms with E-state index in [9.17, 15) is 27.2 Å². The van der Waals surface area contributed by atoms with Crippen molar-refractivity contribution < 1.29 is 41.4 Å². The highest BCUT2D eigenvalue weighted by molar-refractivity contribution is 5.91. The zero-order valence-electron chi connectivity index (χ0n) is 15.2. The minimum atomic E-state index is -3.03. The first-order chi connectivity index (χ1) is 13.7. The number of benzene rings is 2. The Bertz CT molecular complexity index is 830. The number of rotatable bonds is 9. The summed E-state index contributed by atoms with van der Waals surface area (Å²) < 4.78 is 62.0. The van der Waals surface area contributed by atoms with Gasteiger partial charge in [-0.2, -0.15) is 17.6 Å². The van der Waals surface area contributed by atoms with Gasteiger partial charge in [-0.3, -0.25) is 4.79 Å². The molecule has 0 aromatic heterocycles. The Balaban J connectivity index is 1.85. The third-order valence-corrected chi connectivity index (χ3v) is 3.62. The van der Waals surface area contributed by atoms with E-state index in [0.29, 0.717) is 5.56 Å². The highest BCUT2D eigenvalue weighted by atomic mass is 19.3. The second-order valence-corrected chi connectivity index (χ2v) is 5.75. The molecule has 0 aliphatic carbocycles. The number of ether oxygens (including phenoxy) is 3. The summed E-state index contributed by atoms with van der Waals surface area (Å²) in [4.78, 5) is 25.4. The molecule has 156 valence electrons. The van der Waals surface area contributed by atoms with E-state index in [2.05, 4.69) is 9.47 Å². The monoisotopic (exact) mass is 415 g/mol. The van der Waals surface area contributed by atoms with Gasteiger partial charge in [-0.05, 0) is 35.9 Å². The lowest BCUT2D eigenvalue weighted by Gasteiger charge is -2.17. The van der Waals surface area contributed by atoms with Crippen LogP contribution in [0.1, 0.15) is 15.9 Å². The van der Waals surface area contributed by atoms with Gasteiger partial charge in [0.2, 0.25) is 0 Å². The largest absolute Gasteiger partial charge is 0.452 e. The Hall–Kier alpha value is -3.30. The Kier molecular flexibility index (Phi) is 7.81. The molecule has 0 aliphatic rings. The molecule has 0 N–H and O–H groups in total. The molecule has 0 saturated carbocycles. The normalized spacial score (nSPS) is 10.7. The first kappa shape index (κ1) is 22.0. The van der Waals surface area contributed by atoms with Gasteiger partial charge in [-0.15, -0.1) is 0 Å². The van der Waals surface area contributed by atoms with Crippen LogP contribution < -0.4 is 9.47 Å². The SMILES string of the molecule is CN(Cc1ccc(OC(F)F)cc1)C(=O)COC(=O)c1cccc(OC(F)F)c1. The molecule has 0 spiro atoms. The summed E-state index contributed by atoms with van der Waals surface area (Å²) in [6, 6.07) is 10.7. The van der Waals surface area contributed by atoms with Crippen LogP contribution in [-0.4, -0.2) is 43.7 Å². The fourth-order valence-electron chi connectivity index (χ4n) is 2.26. The third kappa shape index (κ3) is 7.32. The number of carbonyl (C=O) groups is 2. The Morgan fingerprint density at radius 3 is 2.17 bits per heavy atom. The van der Waals surface area contributed by atoms with Gasteiger partial charge >= 0.3 is 19.2 Å². The van der Waals surface area contributed by atoms with Gasteiger partial charge in [0.15, 0.2) is 6.61 Å². The average molecular weight is 415 g/mol. The van der Waals surface area contributed by atoms with E-state index in [-0.39, 0.29) is 23.6 Å². The number of nitrogens with zero attached hydrogens (tertiary/aromatic N) is 1. The second kappa shape index (κ2) is 10.3. The van der Waals surface area contributed by atoms with Crippen LogP contribution in [0, 0.1) is 0 Å². The minimum Gasteiger partial charge on any atom is -0.452 e. The predicted octanol–water partition coefficient (Wildman–Crippen LogP) is 3.70. The third-order valence-electron chi connectivity index (χ3n) is 3.62. The van der Waals surface area contributed by atoms with Crippen LogP contribution in [0.5, 0.6) is 11.5 Å². The molecule has 0 heterocycles. The summed E-state index contributed by atoms with van der Waals surface area (Å²) in [5.41, 5.74) is 0.596. The molecule has 0 aliphatic heterocycles. The van der Waals surface area contributed by atoms with E-state index in [1.54, 1.807) is 0 Å². The molecule has 0 radical (unpaired) electrons. The summed E-state index contributed by atoms with van der Waals surface area (Å²) in [5, 5.41) is 0. The molecular formula is C19H17F4NO5. The minimum absolute atomic E-state index is 0.00953. The molecular weight excluding hydrogens is 398 g/mol. The van der Waals surface area contributed by atoms with Gasteiger partial charge in [0, 0.05) is 13.6 Å². The molecule has 6 nitrogen and oxygen atoms in total. The van der Waals surface area contributed by atoms with Gasteiger partial charge in [-0.25, -0.2) is 4.79 Å². The molecule has 2 rings (SSSR count). The number of halogens is 4. The number of carbonyl (C=O) groups excluding carboxylic acids is 2. The Morgan fingerprint density at radius 1 is 0.931 bits per heavy atom. The lowest BCUT2D eigenvalue weighted by molar-refractivity contribution is -0.133. The first-order valence-electron chi connectivity index (χ1n) is 8.24. The highest BCUT2D eigenvalue weighted by Crippen LogP contribution is 2.17. The molecule has 0 fully saturated rings. The van der Waals surface area contributed by atoms with E-state index in [0.717, 1.165) is 6.07 Å². The molecule has 0 atom stereocenters. The molecule has 10 heteroatoms. The Labute approximate surface area is 163 Å². The van der Waals surface area contributed by atoms with Gasteiger partial charge in [0.05, 0.1) is 5.56 Å². The average Bonchev–Trinajstić information content (AvgIpc) is 2.66. The van der Waals surface area contributed by atoms with Gasteiger partial charge in [0.25, 0.3) is 5.91 Å². The summed E-state index contributed by atoms with van der Waals surface area (Å²) in [7, 11) is 1.47. The van der Waals surface area contributed by atoms with Crippen molar-refractivity contribution in [2.75, 3.05) is 13.7 Å². The number of alkyl halides is 4. The summed E-state index contributed by atoms with van der Waals surface area (Å²) >= 11 is 0. The summed E-state index contributed by atoms with van der Waals surface area (Å²) in [6.07, 6.45) is 0. The number of likely N-dealkylation sites (N-methyl/N-ethyl adjacent to an activating group) is 1. The van der Waals surface area contributed by atoms with E-state index >= 15 is 0 Å². The molecule has 0 unspecified atom stereocenters. The molecule has 1 amide bonds. The number of hydrogen-bond acceptors (Lipinski definition) is 5. The maximum absolute atomic E-state index is 12.2. The summed E-state index contributed by atoms with van der Waals surface area (Å²) in [6.45, 7) is -6.39. The standard InChI is InChI=1S/C19H17F4NO5/c1-24(10-12-5-7-14(8-6-12)28-18(20)21)16(25)11-27-17(26)13-3-2-4-15(9-13)29-19(22)23/h2-9,18-19H,10-11H2,1H3. The van der Waals surface area contributed by atoms with E-state index in [1.165, 1.54) is 54.4 Å². The van der Waals surface area contributed by atoms with Gasteiger partial charge in [0.1, 0.15) is 11.5 Å². The maximum atomic E-state index is 12.2. The summed E-state index contributed by atoms with van der Waals surface area (Å²) in [5.74, 6) is -1.62. The van der Waals surface area contributed by atoms with Crippen LogP contribution in [0.3, 0.4) is 0 Å². The first-order valence-corrected chi connectivity index (χ1v) is 8.24. The van der Waals surface area contributed by atoms with Crippen molar-refractivity contribution >= 4 is 11.9 Å². The maximum Gasteiger partial charge on any atom is 0.387 e. The molecule has 0 saturated heterocycles. The number of hydrogen-bond donors (Lipinski definition) is 0. The van der Waals surface area contributed by atoms with Crippen molar-refractivity contribution in [1.82, 2.24) is 4.90 Å². The van der Waals surface area contributed by atoms with Crippen molar-refractivity contribution in [3.63, 3.8) is 0 Å². The van der Waals surface area contributed by atoms with Crippen LogP contribution in [0.4, 0.5) is 17.6 Å². The number of amides is 1. The molecule has 29 heavy (non-hydrogen) atoms. The van der Waals surface area contributed by atoms with Crippen LogP contribution in [0.2, 0.25) is 0 Å². The zero-order valence-corrected chi connectivity index (χ0v) is 15.2. The van der Waals surface area contributed by atoms with Crippen molar-refractivity contribution in [3.8, 4) is 11.5 Å². The molecule has 2 aromatic carbocycles. The van der Waals surface area contributed by atoms with Crippen LogP contribution in [0.15, 0.2) is 48.5 Å². The lowest BCUT2D eigenvalue weighted by Crippen LogP contribution is -2.30. The van der Waals surface area contributed by atoms with E-state index in [1.807, 2.05) is 0 Å². The fraction of sp³-hybridized carbons (Fsp3) is 0.263. The van der Waals surface area contributed by atoms with Crippen molar-refractivity contribution in [2.45, 2.75) is 19.8 Å². The van der Waals surface area contributed by atoms with Crippen molar-refractivity contribution in [2.24, 2.45) is 0 Å². The molecule has 0 bridgehead atoms. The Morgan fingerprint density at radius 2 is 1.55 bits per heavy atom. The predicted molar refractivity (Wildman–Crippen MR) is 92.9 cm³/mol. The van der Waals surface area contributed by atoms with Crippen LogP contribution in [0.25, 0.3) is 0 Å². The van der Waals surface area contributed by atoms with Crippen LogP contribution in [-0.2, 0) is 16.1 Å². The second-order valence-electron chi connectivity index (χ2n) is 5.75.